The van der Waals surface area contributed by atoms with Crippen LogP contribution in [-0.2, 0) is 11.3 Å². The van der Waals surface area contributed by atoms with E-state index in [1.54, 1.807) is 18.2 Å². The van der Waals surface area contributed by atoms with E-state index >= 15 is 0 Å². The third kappa shape index (κ3) is 3.76. The van der Waals surface area contributed by atoms with Crippen LogP contribution in [0.2, 0.25) is 0 Å². The molecule has 0 atom stereocenters. The smallest absolute Gasteiger partial charge is 0.273 e. The molecule has 0 radical (unpaired) electrons. The lowest BCUT2D eigenvalue weighted by molar-refractivity contribution is -0.385. The van der Waals surface area contributed by atoms with Gasteiger partial charge in [0.25, 0.3) is 11.6 Å². The number of nitro benzene ring substituents is 1. The molecular weight excluding hydrogens is 368 g/mol. The Kier molecular flexibility index (Phi) is 5.13. The van der Waals surface area contributed by atoms with E-state index in [2.05, 4.69) is 10.4 Å². The molecule has 1 amide bonds. The van der Waals surface area contributed by atoms with Crippen molar-refractivity contribution in [2.24, 2.45) is 4.99 Å². The van der Waals surface area contributed by atoms with Gasteiger partial charge in [-0.05, 0) is 6.07 Å². The van der Waals surface area contributed by atoms with E-state index in [1.807, 2.05) is 54.6 Å². The summed E-state index contributed by atoms with van der Waals surface area (Å²) in [6.07, 6.45) is 0. The first-order valence-electron chi connectivity index (χ1n) is 9.13. The fraction of sp³-hybridized carbons (Fsp3) is 0.0909. The van der Waals surface area contributed by atoms with Gasteiger partial charge in [0.2, 0.25) is 0 Å². The van der Waals surface area contributed by atoms with Crippen molar-refractivity contribution < 1.29 is 9.72 Å². The molecule has 7 nitrogen and oxygen atoms in total. The second-order valence-corrected chi connectivity index (χ2v) is 6.50. The highest BCUT2D eigenvalue weighted by Crippen LogP contribution is 2.26. The minimum absolute atomic E-state index is 0.0109. The van der Waals surface area contributed by atoms with Gasteiger partial charge in [0.1, 0.15) is 6.54 Å². The molecule has 144 valence electrons. The van der Waals surface area contributed by atoms with Crippen LogP contribution in [0.1, 0.15) is 16.7 Å². The molecule has 0 unspecified atom stereocenters. The van der Waals surface area contributed by atoms with Crippen molar-refractivity contribution in [3.63, 3.8) is 0 Å². The summed E-state index contributed by atoms with van der Waals surface area (Å²) < 4.78 is 0. The Labute approximate surface area is 167 Å². The Balaban J connectivity index is 1.68. The van der Waals surface area contributed by atoms with Gasteiger partial charge in [0.05, 0.1) is 16.3 Å². The molecule has 0 spiro atoms. The van der Waals surface area contributed by atoms with Gasteiger partial charge in [-0.1, -0.05) is 66.7 Å². The van der Waals surface area contributed by atoms with Crippen molar-refractivity contribution in [2.45, 2.75) is 6.54 Å². The number of aliphatic imine (C=N–C) groups is 1. The number of nitrogens with zero attached hydrogens (tertiary/aromatic N) is 3. The van der Waals surface area contributed by atoms with E-state index in [0.29, 0.717) is 11.3 Å². The number of hydrogen-bond donors (Lipinski definition) is 1. The molecule has 0 aromatic heterocycles. The van der Waals surface area contributed by atoms with Crippen LogP contribution in [0.5, 0.6) is 0 Å². The minimum atomic E-state index is -0.425. The summed E-state index contributed by atoms with van der Waals surface area (Å²) in [5, 5.41) is 12.7. The number of carbonyl (C=O) groups excluding carboxylic acids is 1. The van der Waals surface area contributed by atoms with Crippen molar-refractivity contribution in [1.29, 1.82) is 0 Å². The highest BCUT2D eigenvalue weighted by molar-refractivity contribution is 6.19. The molecule has 4 rings (SSSR count). The van der Waals surface area contributed by atoms with Gasteiger partial charge < -0.3 is 0 Å². The van der Waals surface area contributed by atoms with Gasteiger partial charge in [-0.3, -0.25) is 19.9 Å². The summed E-state index contributed by atoms with van der Waals surface area (Å²) in [6.45, 7) is 0.112. The number of rotatable bonds is 5. The molecule has 0 bridgehead atoms. The highest BCUT2D eigenvalue weighted by atomic mass is 16.6. The topological polar surface area (TPSA) is 87.8 Å². The number of benzene rings is 3. The van der Waals surface area contributed by atoms with Crippen LogP contribution < -0.4 is 10.4 Å². The second-order valence-electron chi connectivity index (χ2n) is 6.50. The molecule has 7 heteroatoms. The summed E-state index contributed by atoms with van der Waals surface area (Å²) in [4.78, 5) is 28.2. The molecule has 0 saturated carbocycles. The van der Waals surface area contributed by atoms with Gasteiger partial charge in [0.15, 0.2) is 0 Å². The predicted octanol–water partition coefficient (Wildman–Crippen LogP) is 3.48. The average molecular weight is 386 g/mol. The highest BCUT2D eigenvalue weighted by Gasteiger charge is 2.25. The van der Waals surface area contributed by atoms with E-state index in [0.717, 1.165) is 16.8 Å². The molecular formula is C22H18N4O3. The number of carbonyl (C=O) groups is 1. The largest absolute Gasteiger partial charge is 0.274 e. The van der Waals surface area contributed by atoms with Gasteiger partial charge in [-0.15, -0.1) is 0 Å². The van der Waals surface area contributed by atoms with E-state index in [9.17, 15) is 14.9 Å². The molecule has 3 aromatic rings. The number of fused-ring (bicyclic) bond motifs is 1. The maximum atomic E-state index is 12.8. The molecule has 1 heterocycles. The summed E-state index contributed by atoms with van der Waals surface area (Å²) in [5.74, 6) is -0.234. The zero-order valence-electron chi connectivity index (χ0n) is 15.5. The Morgan fingerprint density at radius 2 is 1.66 bits per heavy atom. The van der Waals surface area contributed by atoms with Crippen LogP contribution in [0.4, 0.5) is 11.4 Å². The molecule has 0 aliphatic carbocycles. The summed E-state index contributed by atoms with van der Waals surface area (Å²) in [5.41, 5.74) is 6.71. The Morgan fingerprint density at radius 3 is 2.45 bits per heavy atom. The fourth-order valence-corrected chi connectivity index (χ4v) is 3.32. The second kappa shape index (κ2) is 8.04. The number of para-hydroxylation sites is 2. The lowest BCUT2D eigenvalue weighted by Gasteiger charge is -2.23. The van der Waals surface area contributed by atoms with Gasteiger partial charge >= 0.3 is 0 Å². The maximum absolute atomic E-state index is 12.8. The SMILES string of the molecule is O=C1CN=C(c2ccccc2)c2ccccc2N1NCc1ccccc1[N+](=O)[O-]. The normalized spacial score (nSPS) is 13.4. The summed E-state index contributed by atoms with van der Waals surface area (Å²) >= 11 is 0. The first kappa shape index (κ1) is 18.5. The van der Waals surface area contributed by atoms with Gasteiger partial charge in [-0.25, -0.2) is 10.4 Å². The van der Waals surface area contributed by atoms with Crippen molar-refractivity contribution in [2.75, 3.05) is 11.6 Å². The summed E-state index contributed by atoms with van der Waals surface area (Å²) in [7, 11) is 0. The van der Waals surface area contributed by atoms with Crippen molar-refractivity contribution in [1.82, 2.24) is 5.43 Å². The van der Waals surface area contributed by atoms with Crippen molar-refractivity contribution in [3.8, 4) is 0 Å². The van der Waals surface area contributed by atoms with E-state index < -0.39 is 4.92 Å². The third-order valence-electron chi connectivity index (χ3n) is 4.69. The molecule has 1 N–H and O–H groups in total. The molecule has 0 saturated heterocycles. The van der Waals surface area contributed by atoms with Crippen molar-refractivity contribution in [3.05, 3.63) is 106 Å². The van der Waals surface area contributed by atoms with E-state index in [-0.39, 0.29) is 24.7 Å². The van der Waals surface area contributed by atoms with Crippen molar-refractivity contribution >= 4 is 23.0 Å². The Morgan fingerprint density at radius 1 is 0.966 bits per heavy atom. The van der Waals surface area contributed by atoms with E-state index in [1.165, 1.54) is 11.1 Å². The number of nitrogens with one attached hydrogen (secondary N) is 1. The Hall–Kier alpha value is -3.84. The van der Waals surface area contributed by atoms with E-state index in [4.69, 9.17) is 0 Å². The molecule has 1 aliphatic heterocycles. The number of anilines is 1. The number of hydrazine groups is 1. The minimum Gasteiger partial charge on any atom is -0.274 e. The molecule has 3 aromatic carbocycles. The van der Waals surface area contributed by atoms with Crippen LogP contribution in [0.3, 0.4) is 0 Å². The molecule has 1 aliphatic rings. The number of hydrogen-bond acceptors (Lipinski definition) is 5. The molecule has 29 heavy (non-hydrogen) atoms. The van der Waals surface area contributed by atoms with Crippen LogP contribution >= 0.6 is 0 Å². The molecule has 0 fully saturated rings. The van der Waals surface area contributed by atoms with Gasteiger partial charge in [0, 0.05) is 29.3 Å². The van der Waals surface area contributed by atoms with Crippen LogP contribution in [0.15, 0.2) is 83.9 Å². The zero-order chi connectivity index (χ0) is 20.2. The average Bonchev–Trinajstić information content (AvgIpc) is 2.89. The van der Waals surface area contributed by atoms with Crippen LogP contribution in [0.25, 0.3) is 0 Å². The first-order chi connectivity index (χ1) is 14.1. The lowest BCUT2D eigenvalue weighted by atomic mass is 10.0. The first-order valence-corrected chi connectivity index (χ1v) is 9.13. The quantitative estimate of drug-likeness (QED) is 0.537. The number of nitro groups is 1. The van der Waals surface area contributed by atoms with Crippen LogP contribution in [-0.4, -0.2) is 23.1 Å². The Bertz CT molecular complexity index is 1100. The lowest BCUT2D eigenvalue weighted by Crippen LogP contribution is -2.44. The number of benzodiazepines with no additional fused rings is 1. The fourth-order valence-electron chi connectivity index (χ4n) is 3.32. The predicted molar refractivity (Wildman–Crippen MR) is 111 cm³/mol. The zero-order valence-corrected chi connectivity index (χ0v) is 15.5. The standard InChI is InChI=1S/C22H18N4O3/c27-21-15-23-22(16-8-2-1-3-9-16)18-11-5-7-13-20(18)25(21)24-14-17-10-4-6-12-19(17)26(28)29/h1-13,24H,14-15H2. The van der Waals surface area contributed by atoms with Gasteiger partial charge in [-0.2, -0.15) is 0 Å². The van der Waals surface area contributed by atoms with Crippen LogP contribution in [0, 0.1) is 10.1 Å². The number of amides is 1. The third-order valence-corrected chi connectivity index (χ3v) is 4.69. The monoisotopic (exact) mass is 386 g/mol. The summed E-state index contributed by atoms with van der Waals surface area (Å²) in [6, 6.07) is 23.7. The maximum Gasteiger partial charge on any atom is 0.273 e.